The van der Waals surface area contributed by atoms with Gasteiger partial charge in [-0.15, -0.1) is 0 Å². The van der Waals surface area contributed by atoms with E-state index in [-0.39, 0.29) is 18.3 Å². The molecule has 2 heterocycles. The highest BCUT2D eigenvalue weighted by atomic mass is 16.6. The SMILES string of the molecule is CO[C@H]1CO[C@@H]2[C@H]1OC[C@H]2C. The molecule has 0 N–H and O–H groups in total. The monoisotopic (exact) mass is 158 g/mol. The van der Waals surface area contributed by atoms with Crippen molar-refractivity contribution in [3.8, 4) is 0 Å². The van der Waals surface area contributed by atoms with Gasteiger partial charge in [0.1, 0.15) is 12.2 Å². The lowest BCUT2D eigenvalue weighted by Gasteiger charge is -2.13. The van der Waals surface area contributed by atoms with Crippen LogP contribution in [0.1, 0.15) is 6.92 Å². The van der Waals surface area contributed by atoms with Gasteiger partial charge in [0.15, 0.2) is 0 Å². The molecule has 0 radical (unpaired) electrons. The first kappa shape index (κ1) is 7.53. The molecule has 2 fully saturated rings. The molecule has 0 saturated carbocycles. The Bertz CT molecular complexity index is 148. The average molecular weight is 158 g/mol. The van der Waals surface area contributed by atoms with Crippen molar-refractivity contribution in [1.29, 1.82) is 0 Å². The van der Waals surface area contributed by atoms with E-state index >= 15 is 0 Å². The van der Waals surface area contributed by atoms with Crippen LogP contribution in [0, 0.1) is 5.92 Å². The van der Waals surface area contributed by atoms with E-state index in [1.54, 1.807) is 7.11 Å². The Hall–Kier alpha value is -0.120. The molecule has 2 aliphatic rings. The van der Waals surface area contributed by atoms with Gasteiger partial charge in [0, 0.05) is 13.0 Å². The highest BCUT2D eigenvalue weighted by molar-refractivity contribution is 4.92. The Balaban J connectivity index is 2.04. The summed E-state index contributed by atoms with van der Waals surface area (Å²) in [5, 5.41) is 0. The Labute approximate surface area is 66.6 Å². The van der Waals surface area contributed by atoms with Crippen LogP contribution in [0.2, 0.25) is 0 Å². The van der Waals surface area contributed by atoms with Crippen molar-refractivity contribution in [1.82, 2.24) is 0 Å². The van der Waals surface area contributed by atoms with Gasteiger partial charge in [-0.05, 0) is 0 Å². The minimum absolute atomic E-state index is 0.157. The molecule has 0 unspecified atom stereocenters. The van der Waals surface area contributed by atoms with Gasteiger partial charge in [0.05, 0.1) is 19.3 Å². The number of methoxy groups -OCH3 is 1. The molecule has 11 heavy (non-hydrogen) atoms. The van der Waals surface area contributed by atoms with Gasteiger partial charge in [0.25, 0.3) is 0 Å². The van der Waals surface area contributed by atoms with Crippen LogP contribution in [0.15, 0.2) is 0 Å². The van der Waals surface area contributed by atoms with Crippen LogP contribution in [0.25, 0.3) is 0 Å². The van der Waals surface area contributed by atoms with Crippen molar-refractivity contribution in [2.45, 2.75) is 25.2 Å². The first-order valence-electron chi connectivity index (χ1n) is 4.09. The summed E-state index contributed by atoms with van der Waals surface area (Å²) in [6, 6.07) is 0. The van der Waals surface area contributed by atoms with Gasteiger partial charge >= 0.3 is 0 Å². The molecule has 2 saturated heterocycles. The second-order valence-electron chi connectivity index (χ2n) is 3.35. The summed E-state index contributed by atoms with van der Waals surface area (Å²) in [5.41, 5.74) is 0. The molecule has 2 aliphatic heterocycles. The summed E-state index contributed by atoms with van der Waals surface area (Å²) < 4.78 is 16.3. The third kappa shape index (κ3) is 1.08. The fraction of sp³-hybridized carbons (Fsp3) is 1.00. The lowest BCUT2D eigenvalue weighted by atomic mass is 10.0. The molecule has 0 aromatic heterocycles. The van der Waals surface area contributed by atoms with Gasteiger partial charge in [-0.25, -0.2) is 0 Å². The van der Waals surface area contributed by atoms with Crippen LogP contribution >= 0.6 is 0 Å². The predicted molar refractivity (Wildman–Crippen MR) is 39.4 cm³/mol. The third-order valence-electron chi connectivity index (χ3n) is 2.56. The fourth-order valence-corrected chi connectivity index (χ4v) is 1.86. The van der Waals surface area contributed by atoms with E-state index in [4.69, 9.17) is 14.2 Å². The van der Waals surface area contributed by atoms with Crippen LogP contribution in [0.4, 0.5) is 0 Å². The molecular formula is C8H14O3. The standard InChI is InChI=1S/C8H14O3/c1-5-3-10-8-6(9-2)4-11-7(5)8/h5-8H,3-4H2,1-2H3/t5-,6+,7+,8+/m1/s1. The Kier molecular flexibility index (Phi) is 1.87. The third-order valence-corrected chi connectivity index (χ3v) is 2.56. The zero-order valence-electron chi connectivity index (χ0n) is 6.95. The van der Waals surface area contributed by atoms with Crippen LogP contribution in [-0.2, 0) is 14.2 Å². The molecule has 4 atom stereocenters. The van der Waals surface area contributed by atoms with Crippen molar-refractivity contribution in [3.05, 3.63) is 0 Å². The topological polar surface area (TPSA) is 27.7 Å². The second kappa shape index (κ2) is 2.73. The van der Waals surface area contributed by atoms with Crippen LogP contribution in [0.5, 0.6) is 0 Å². The van der Waals surface area contributed by atoms with E-state index in [0.717, 1.165) is 6.61 Å². The fourth-order valence-electron chi connectivity index (χ4n) is 1.86. The van der Waals surface area contributed by atoms with E-state index < -0.39 is 0 Å². The van der Waals surface area contributed by atoms with Gasteiger partial charge in [-0.3, -0.25) is 0 Å². The smallest absolute Gasteiger partial charge is 0.112 e. The molecule has 0 aromatic rings. The average Bonchev–Trinajstić information content (AvgIpc) is 2.53. The van der Waals surface area contributed by atoms with E-state index in [1.165, 1.54) is 0 Å². The molecule has 0 aliphatic carbocycles. The van der Waals surface area contributed by atoms with Gasteiger partial charge in [0.2, 0.25) is 0 Å². The molecule has 2 rings (SSSR count). The van der Waals surface area contributed by atoms with Crippen molar-refractivity contribution >= 4 is 0 Å². The van der Waals surface area contributed by atoms with E-state index in [9.17, 15) is 0 Å². The molecule has 0 bridgehead atoms. The quantitative estimate of drug-likeness (QED) is 0.554. The second-order valence-corrected chi connectivity index (χ2v) is 3.35. The largest absolute Gasteiger partial charge is 0.376 e. The zero-order chi connectivity index (χ0) is 7.84. The molecule has 0 spiro atoms. The van der Waals surface area contributed by atoms with Crippen LogP contribution < -0.4 is 0 Å². The first-order valence-corrected chi connectivity index (χ1v) is 4.09. The Morgan fingerprint density at radius 3 is 2.64 bits per heavy atom. The number of hydrogen-bond donors (Lipinski definition) is 0. The maximum atomic E-state index is 5.54. The van der Waals surface area contributed by atoms with Crippen LogP contribution in [0.3, 0.4) is 0 Å². The maximum absolute atomic E-state index is 5.54. The first-order chi connectivity index (χ1) is 5.33. The van der Waals surface area contributed by atoms with Gasteiger partial charge in [-0.2, -0.15) is 0 Å². The number of hydrogen-bond acceptors (Lipinski definition) is 3. The summed E-state index contributed by atoms with van der Waals surface area (Å²) in [4.78, 5) is 0. The molecule has 0 amide bonds. The molecule has 64 valence electrons. The maximum Gasteiger partial charge on any atom is 0.112 e. The van der Waals surface area contributed by atoms with E-state index in [2.05, 4.69) is 6.92 Å². The zero-order valence-corrected chi connectivity index (χ0v) is 6.95. The normalized spacial score (nSPS) is 49.6. The van der Waals surface area contributed by atoms with E-state index in [1.807, 2.05) is 0 Å². The van der Waals surface area contributed by atoms with Crippen molar-refractivity contribution in [2.24, 2.45) is 5.92 Å². The lowest BCUT2D eigenvalue weighted by Crippen LogP contribution is -2.29. The Morgan fingerprint density at radius 2 is 1.91 bits per heavy atom. The summed E-state index contributed by atoms with van der Waals surface area (Å²) in [6.45, 7) is 3.66. The Morgan fingerprint density at radius 1 is 1.18 bits per heavy atom. The number of rotatable bonds is 1. The number of ether oxygens (including phenoxy) is 3. The van der Waals surface area contributed by atoms with E-state index in [0.29, 0.717) is 12.5 Å². The highest BCUT2D eigenvalue weighted by Gasteiger charge is 2.45. The van der Waals surface area contributed by atoms with Crippen molar-refractivity contribution in [3.63, 3.8) is 0 Å². The van der Waals surface area contributed by atoms with Gasteiger partial charge in [-0.1, -0.05) is 6.92 Å². The molecule has 3 heteroatoms. The van der Waals surface area contributed by atoms with Gasteiger partial charge < -0.3 is 14.2 Å². The summed E-state index contributed by atoms with van der Waals surface area (Å²) >= 11 is 0. The summed E-state index contributed by atoms with van der Waals surface area (Å²) in [5.74, 6) is 0.528. The highest BCUT2D eigenvalue weighted by Crippen LogP contribution is 2.31. The van der Waals surface area contributed by atoms with Crippen LogP contribution in [-0.4, -0.2) is 38.6 Å². The predicted octanol–water partition coefficient (Wildman–Crippen LogP) is 0.435. The summed E-state index contributed by atoms with van der Waals surface area (Å²) in [7, 11) is 1.71. The van der Waals surface area contributed by atoms with Crippen molar-refractivity contribution in [2.75, 3.05) is 20.3 Å². The minimum Gasteiger partial charge on any atom is -0.376 e. The lowest BCUT2D eigenvalue weighted by molar-refractivity contribution is -0.00878. The summed E-state index contributed by atoms with van der Waals surface area (Å²) in [6.07, 6.45) is 0.625. The number of fused-ring (bicyclic) bond motifs is 1. The molecule has 3 nitrogen and oxygen atoms in total. The molecular weight excluding hydrogens is 144 g/mol. The minimum atomic E-state index is 0.157. The van der Waals surface area contributed by atoms with Crippen molar-refractivity contribution < 1.29 is 14.2 Å². The molecule has 0 aromatic carbocycles.